The first-order valence-electron chi connectivity index (χ1n) is 6.85. The van der Waals surface area contributed by atoms with Crippen LogP contribution in [0.2, 0.25) is 0 Å². The number of nitrogens with one attached hydrogen (secondary N) is 1. The molecule has 5 nitrogen and oxygen atoms in total. The van der Waals surface area contributed by atoms with Crippen molar-refractivity contribution in [1.82, 2.24) is 5.32 Å². The van der Waals surface area contributed by atoms with E-state index < -0.39 is 12.1 Å². The van der Waals surface area contributed by atoms with Crippen LogP contribution in [0.5, 0.6) is 0 Å². The van der Waals surface area contributed by atoms with Gasteiger partial charge in [-0.3, -0.25) is 4.79 Å². The predicted molar refractivity (Wildman–Crippen MR) is 70.0 cm³/mol. The van der Waals surface area contributed by atoms with Gasteiger partial charge in [-0.1, -0.05) is 20.3 Å². The first-order chi connectivity index (χ1) is 8.56. The standard InChI is InChI=1S/C13H26N2O3/c1-3-9(2)11(16)8-15-13(17)12(14)10-4-6-18-7-5-10/h9-12,16H,3-8,14H2,1-2H3,(H,15,17). The monoisotopic (exact) mass is 258 g/mol. The molecule has 3 unspecified atom stereocenters. The molecule has 1 rings (SSSR count). The molecule has 0 saturated carbocycles. The molecular formula is C13H26N2O3. The smallest absolute Gasteiger partial charge is 0.237 e. The van der Waals surface area contributed by atoms with Crippen LogP contribution in [0, 0.1) is 11.8 Å². The van der Waals surface area contributed by atoms with Crippen molar-refractivity contribution in [2.24, 2.45) is 17.6 Å². The number of hydrogen-bond acceptors (Lipinski definition) is 4. The average Bonchev–Trinajstić information content (AvgIpc) is 2.43. The highest BCUT2D eigenvalue weighted by Gasteiger charge is 2.26. The highest BCUT2D eigenvalue weighted by atomic mass is 16.5. The summed E-state index contributed by atoms with van der Waals surface area (Å²) in [7, 11) is 0. The summed E-state index contributed by atoms with van der Waals surface area (Å²) >= 11 is 0. The van der Waals surface area contributed by atoms with Crippen molar-refractivity contribution in [2.45, 2.75) is 45.3 Å². The van der Waals surface area contributed by atoms with Crippen molar-refractivity contribution < 1.29 is 14.6 Å². The molecule has 0 aliphatic carbocycles. The second kappa shape index (κ2) is 7.71. The minimum Gasteiger partial charge on any atom is -0.391 e. The van der Waals surface area contributed by atoms with Crippen LogP contribution in [0.15, 0.2) is 0 Å². The number of carbonyl (C=O) groups is 1. The van der Waals surface area contributed by atoms with Crippen molar-refractivity contribution in [2.75, 3.05) is 19.8 Å². The number of aliphatic hydroxyl groups excluding tert-OH is 1. The normalized spacial score (nSPS) is 22.2. The molecule has 18 heavy (non-hydrogen) atoms. The summed E-state index contributed by atoms with van der Waals surface area (Å²) in [5.41, 5.74) is 5.94. The van der Waals surface area contributed by atoms with Gasteiger partial charge in [0.25, 0.3) is 0 Å². The van der Waals surface area contributed by atoms with Crippen molar-refractivity contribution >= 4 is 5.91 Å². The Hall–Kier alpha value is -0.650. The summed E-state index contributed by atoms with van der Waals surface area (Å²) < 4.78 is 5.25. The lowest BCUT2D eigenvalue weighted by Crippen LogP contribution is -2.49. The summed E-state index contributed by atoms with van der Waals surface area (Å²) in [6.45, 7) is 5.63. The largest absolute Gasteiger partial charge is 0.391 e. The number of ether oxygens (including phenoxy) is 1. The van der Waals surface area contributed by atoms with E-state index in [0.717, 1.165) is 19.3 Å². The zero-order valence-corrected chi connectivity index (χ0v) is 11.4. The molecule has 0 aromatic heterocycles. The maximum atomic E-state index is 11.9. The SMILES string of the molecule is CCC(C)C(O)CNC(=O)C(N)C1CCOCC1. The van der Waals surface area contributed by atoms with E-state index in [-0.39, 0.29) is 24.3 Å². The maximum absolute atomic E-state index is 11.9. The average molecular weight is 258 g/mol. The first kappa shape index (κ1) is 15.4. The molecule has 0 bridgehead atoms. The third kappa shape index (κ3) is 4.55. The van der Waals surface area contributed by atoms with Crippen molar-refractivity contribution in [3.05, 3.63) is 0 Å². The van der Waals surface area contributed by atoms with Gasteiger partial charge in [-0.2, -0.15) is 0 Å². The van der Waals surface area contributed by atoms with Gasteiger partial charge in [-0.25, -0.2) is 0 Å². The van der Waals surface area contributed by atoms with Crippen molar-refractivity contribution in [3.8, 4) is 0 Å². The Morgan fingerprint density at radius 2 is 2.11 bits per heavy atom. The Labute approximate surface area is 109 Å². The fourth-order valence-corrected chi connectivity index (χ4v) is 2.09. The van der Waals surface area contributed by atoms with Crippen LogP contribution >= 0.6 is 0 Å². The number of rotatable bonds is 6. The second-order valence-electron chi connectivity index (χ2n) is 5.17. The summed E-state index contributed by atoms with van der Waals surface area (Å²) in [4.78, 5) is 11.9. The van der Waals surface area contributed by atoms with E-state index in [9.17, 15) is 9.90 Å². The summed E-state index contributed by atoms with van der Waals surface area (Å²) in [5.74, 6) is 0.216. The van der Waals surface area contributed by atoms with E-state index in [1.807, 2.05) is 13.8 Å². The molecule has 106 valence electrons. The zero-order chi connectivity index (χ0) is 13.5. The molecule has 1 amide bonds. The minimum absolute atomic E-state index is 0.163. The van der Waals surface area contributed by atoms with E-state index >= 15 is 0 Å². The van der Waals surface area contributed by atoms with Gasteiger partial charge in [-0.05, 0) is 24.7 Å². The van der Waals surface area contributed by atoms with Gasteiger partial charge in [0.15, 0.2) is 0 Å². The Balaban J connectivity index is 2.30. The van der Waals surface area contributed by atoms with Gasteiger partial charge in [0, 0.05) is 19.8 Å². The van der Waals surface area contributed by atoms with Crippen LogP contribution in [0.3, 0.4) is 0 Å². The molecule has 1 aliphatic rings. The van der Waals surface area contributed by atoms with E-state index in [4.69, 9.17) is 10.5 Å². The fourth-order valence-electron chi connectivity index (χ4n) is 2.09. The molecule has 1 saturated heterocycles. The molecule has 0 spiro atoms. The molecule has 0 radical (unpaired) electrons. The predicted octanol–water partition coefficient (Wildman–Crippen LogP) is 0.264. The van der Waals surface area contributed by atoms with E-state index in [1.54, 1.807) is 0 Å². The van der Waals surface area contributed by atoms with Crippen LogP contribution in [0.25, 0.3) is 0 Å². The molecule has 0 aromatic carbocycles. The van der Waals surface area contributed by atoms with Gasteiger partial charge in [-0.15, -0.1) is 0 Å². The third-order valence-corrected chi connectivity index (χ3v) is 3.86. The highest BCUT2D eigenvalue weighted by Crippen LogP contribution is 2.17. The van der Waals surface area contributed by atoms with Crippen LogP contribution < -0.4 is 11.1 Å². The molecule has 5 heteroatoms. The first-order valence-corrected chi connectivity index (χ1v) is 6.85. The molecule has 1 aliphatic heterocycles. The number of hydrogen-bond donors (Lipinski definition) is 3. The van der Waals surface area contributed by atoms with Crippen molar-refractivity contribution in [1.29, 1.82) is 0 Å². The van der Waals surface area contributed by atoms with Gasteiger partial charge in [0.2, 0.25) is 5.91 Å². The lowest BCUT2D eigenvalue weighted by atomic mass is 9.91. The third-order valence-electron chi connectivity index (χ3n) is 3.86. The number of nitrogens with two attached hydrogens (primary N) is 1. The highest BCUT2D eigenvalue weighted by molar-refractivity contribution is 5.81. The topological polar surface area (TPSA) is 84.6 Å². The Morgan fingerprint density at radius 3 is 2.67 bits per heavy atom. The molecule has 1 heterocycles. The lowest BCUT2D eigenvalue weighted by Gasteiger charge is -2.27. The van der Waals surface area contributed by atoms with Gasteiger partial charge in [0.05, 0.1) is 12.1 Å². The molecule has 0 aromatic rings. The summed E-state index contributed by atoms with van der Waals surface area (Å²) in [5, 5.41) is 12.5. The summed E-state index contributed by atoms with van der Waals surface area (Å²) in [6.07, 6.45) is 2.06. The van der Waals surface area contributed by atoms with Crippen LogP contribution in [-0.2, 0) is 9.53 Å². The van der Waals surface area contributed by atoms with Crippen LogP contribution in [0.4, 0.5) is 0 Å². The number of carbonyl (C=O) groups excluding carboxylic acids is 1. The van der Waals surface area contributed by atoms with E-state index in [2.05, 4.69) is 5.32 Å². The second-order valence-corrected chi connectivity index (χ2v) is 5.17. The lowest BCUT2D eigenvalue weighted by molar-refractivity contribution is -0.125. The van der Waals surface area contributed by atoms with E-state index in [1.165, 1.54) is 0 Å². The Bertz CT molecular complexity index is 255. The molecular weight excluding hydrogens is 232 g/mol. The van der Waals surface area contributed by atoms with Gasteiger partial charge >= 0.3 is 0 Å². The quantitative estimate of drug-likeness (QED) is 0.638. The maximum Gasteiger partial charge on any atom is 0.237 e. The Kier molecular flexibility index (Phi) is 6.60. The van der Waals surface area contributed by atoms with E-state index in [0.29, 0.717) is 13.2 Å². The molecule has 1 fully saturated rings. The zero-order valence-electron chi connectivity index (χ0n) is 11.4. The van der Waals surface area contributed by atoms with Crippen molar-refractivity contribution in [3.63, 3.8) is 0 Å². The fraction of sp³-hybridized carbons (Fsp3) is 0.923. The molecule has 4 N–H and O–H groups in total. The molecule has 3 atom stereocenters. The summed E-state index contributed by atoms with van der Waals surface area (Å²) in [6, 6.07) is -0.488. The van der Waals surface area contributed by atoms with Crippen LogP contribution in [0.1, 0.15) is 33.1 Å². The minimum atomic E-state index is -0.499. The number of amides is 1. The Morgan fingerprint density at radius 1 is 1.50 bits per heavy atom. The number of aliphatic hydroxyl groups is 1. The van der Waals surface area contributed by atoms with Gasteiger partial charge < -0.3 is 20.9 Å². The van der Waals surface area contributed by atoms with Gasteiger partial charge in [0.1, 0.15) is 0 Å². The van der Waals surface area contributed by atoms with Crippen LogP contribution in [-0.4, -0.2) is 42.9 Å².